The molecule has 1 fully saturated rings. The highest BCUT2D eigenvalue weighted by molar-refractivity contribution is 5.96. The van der Waals surface area contributed by atoms with Gasteiger partial charge in [0.05, 0.1) is 0 Å². The van der Waals surface area contributed by atoms with Crippen LogP contribution in [0.25, 0.3) is 0 Å². The zero-order valence-electron chi connectivity index (χ0n) is 15.5. The second-order valence-corrected chi connectivity index (χ2v) is 7.34. The van der Waals surface area contributed by atoms with Gasteiger partial charge in [0.25, 0.3) is 0 Å². The third-order valence-corrected chi connectivity index (χ3v) is 5.20. The zero-order chi connectivity index (χ0) is 17.8. The molecule has 1 saturated heterocycles. The van der Waals surface area contributed by atoms with Crippen LogP contribution in [-0.2, 0) is 4.79 Å². The summed E-state index contributed by atoms with van der Waals surface area (Å²) in [4.78, 5) is 15.5. The lowest BCUT2D eigenvalue weighted by molar-refractivity contribution is -0.122. The van der Waals surface area contributed by atoms with Gasteiger partial charge < -0.3 is 5.32 Å². The molecular weight excluding hydrogens is 308 g/mol. The Labute approximate surface area is 151 Å². The van der Waals surface area contributed by atoms with Crippen LogP contribution in [0.4, 0.5) is 5.69 Å². The zero-order valence-corrected chi connectivity index (χ0v) is 15.5. The van der Waals surface area contributed by atoms with E-state index in [0.29, 0.717) is 0 Å². The minimum Gasteiger partial charge on any atom is -0.324 e. The normalized spacial score (nSPS) is 17.2. The molecule has 132 valence electrons. The Hall–Kier alpha value is -2.13. The lowest BCUT2D eigenvalue weighted by atomic mass is 9.95. The molecule has 0 saturated carbocycles. The summed E-state index contributed by atoms with van der Waals surface area (Å²) in [5.74, 6) is 0.809. The fourth-order valence-electron chi connectivity index (χ4n) is 3.52. The molecule has 2 aromatic rings. The summed E-state index contributed by atoms with van der Waals surface area (Å²) in [6, 6.07) is 16.1. The van der Waals surface area contributed by atoms with Gasteiger partial charge in [-0.3, -0.25) is 9.69 Å². The van der Waals surface area contributed by atoms with Crippen molar-refractivity contribution in [3.63, 3.8) is 0 Å². The molecule has 3 heteroatoms. The number of nitrogens with one attached hydrogen (secondary N) is 1. The van der Waals surface area contributed by atoms with Crippen molar-refractivity contribution in [1.29, 1.82) is 0 Å². The molecule has 1 amide bonds. The first kappa shape index (κ1) is 17.7. The van der Waals surface area contributed by atoms with E-state index in [2.05, 4.69) is 48.3 Å². The summed E-state index contributed by atoms with van der Waals surface area (Å²) in [7, 11) is 0. The van der Waals surface area contributed by atoms with Gasteiger partial charge >= 0.3 is 0 Å². The molecule has 3 rings (SSSR count). The lowest BCUT2D eigenvalue weighted by Crippen LogP contribution is -2.41. The molecule has 0 radical (unpaired) electrons. The van der Waals surface area contributed by atoms with Crippen molar-refractivity contribution >= 4 is 11.6 Å². The number of benzene rings is 2. The first-order chi connectivity index (χ1) is 12.0. The number of likely N-dealkylation sites (tertiary alicyclic amines) is 1. The third kappa shape index (κ3) is 4.29. The second-order valence-electron chi connectivity index (χ2n) is 7.34. The Morgan fingerprint density at radius 3 is 2.44 bits per heavy atom. The average Bonchev–Trinajstić information content (AvgIpc) is 2.61. The molecule has 0 aliphatic carbocycles. The van der Waals surface area contributed by atoms with Gasteiger partial charge in [-0.25, -0.2) is 0 Å². The van der Waals surface area contributed by atoms with Crippen molar-refractivity contribution < 1.29 is 4.79 Å². The Kier molecular flexibility index (Phi) is 5.54. The topological polar surface area (TPSA) is 32.3 Å². The predicted molar refractivity (Wildman–Crippen MR) is 104 cm³/mol. The van der Waals surface area contributed by atoms with E-state index in [-0.39, 0.29) is 11.9 Å². The Morgan fingerprint density at radius 2 is 1.76 bits per heavy atom. The predicted octanol–water partition coefficient (Wildman–Crippen LogP) is 4.72. The summed E-state index contributed by atoms with van der Waals surface area (Å²) in [5, 5.41) is 3.18. The van der Waals surface area contributed by atoms with E-state index < -0.39 is 0 Å². The Bertz CT molecular complexity index is 718. The highest BCUT2D eigenvalue weighted by Crippen LogP contribution is 2.28. The van der Waals surface area contributed by atoms with Crippen LogP contribution in [0.2, 0.25) is 0 Å². The summed E-state index contributed by atoms with van der Waals surface area (Å²) in [6.45, 7) is 8.33. The van der Waals surface area contributed by atoms with Crippen molar-refractivity contribution in [1.82, 2.24) is 4.90 Å². The number of hydrogen-bond donors (Lipinski definition) is 1. The molecule has 1 heterocycles. The van der Waals surface area contributed by atoms with Crippen molar-refractivity contribution in [2.45, 2.75) is 39.7 Å². The Balaban J connectivity index is 1.86. The second kappa shape index (κ2) is 7.83. The van der Waals surface area contributed by atoms with Crippen LogP contribution in [0, 0.1) is 19.8 Å². The van der Waals surface area contributed by atoms with Gasteiger partial charge in [-0.2, -0.15) is 0 Å². The lowest BCUT2D eigenvalue weighted by Gasteiger charge is -2.36. The van der Waals surface area contributed by atoms with Crippen LogP contribution in [-0.4, -0.2) is 23.9 Å². The number of aryl methyl sites for hydroxylation is 2. The maximum Gasteiger partial charge on any atom is 0.246 e. The van der Waals surface area contributed by atoms with Gasteiger partial charge in [0.2, 0.25) is 5.91 Å². The van der Waals surface area contributed by atoms with Crippen LogP contribution in [0.15, 0.2) is 48.5 Å². The van der Waals surface area contributed by atoms with Crippen molar-refractivity contribution in [2.75, 3.05) is 18.4 Å². The smallest absolute Gasteiger partial charge is 0.246 e. The van der Waals surface area contributed by atoms with Crippen molar-refractivity contribution in [3.8, 4) is 0 Å². The van der Waals surface area contributed by atoms with Crippen molar-refractivity contribution in [3.05, 3.63) is 65.2 Å². The van der Waals surface area contributed by atoms with E-state index >= 15 is 0 Å². The third-order valence-electron chi connectivity index (χ3n) is 5.20. The minimum absolute atomic E-state index is 0.0643. The highest BCUT2D eigenvalue weighted by Gasteiger charge is 2.30. The Morgan fingerprint density at radius 1 is 1.08 bits per heavy atom. The first-order valence-electron chi connectivity index (χ1n) is 9.21. The molecule has 2 aromatic carbocycles. The number of carbonyl (C=O) groups is 1. The molecule has 0 bridgehead atoms. The summed E-state index contributed by atoms with van der Waals surface area (Å²) in [6.07, 6.45) is 2.31. The molecule has 1 aliphatic rings. The fraction of sp³-hybridized carbons (Fsp3) is 0.409. The molecule has 3 nitrogen and oxygen atoms in total. The quantitative estimate of drug-likeness (QED) is 0.876. The maximum absolute atomic E-state index is 13.2. The minimum atomic E-state index is -0.228. The van der Waals surface area contributed by atoms with E-state index in [9.17, 15) is 4.79 Å². The summed E-state index contributed by atoms with van der Waals surface area (Å²) in [5.41, 5.74) is 4.23. The van der Waals surface area contributed by atoms with E-state index in [1.54, 1.807) is 0 Å². The van der Waals surface area contributed by atoms with Gasteiger partial charge in [-0.05, 0) is 68.5 Å². The number of anilines is 1. The SMILES string of the molecule is Cc1ccc(C)c(NC(=O)C(c2ccccc2)N2CCC(C)CC2)c1. The van der Waals surface area contributed by atoms with Crippen LogP contribution >= 0.6 is 0 Å². The number of hydrogen-bond acceptors (Lipinski definition) is 2. The molecule has 0 spiro atoms. The van der Waals surface area contributed by atoms with Gasteiger partial charge in [-0.15, -0.1) is 0 Å². The number of piperidine rings is 1. The van der Waals surface area contributed by atoms with Gasteiger partial charge in [0.1, 0.15) is 6.04 Å². The molecule has 1 unspecified atom stereocenters. The summed E-state index contributed by atoms with van der Waals surface area (Å²) < 4.78 is 0. The van der Waals surface area contributed by atoms with E-state index in [1.165, 1.54) is 0 Å². The number of carbonyl (C=O) groups excluding carboxylic acids is 1. The molecule has 1 N–H and O–H groups in total. The van der Waals surface area contributed by atoms with Gasteiger partial charge in [0, 0.05) is 5.69 Å². The number of rotatable bonds is 4. The first-order valence-corrected chi connectivity index (χ1v) is 9.21. The largest absolute Gasteiger partial charge is 0.324 e. The number of nitrogens with zero attached hydrogens (tertiary/aromatic N) is 1. The fourth-order valence-corrected chi connectivity index (χ4v) is 3.52. The van der Waals surface area contributed by atoms with E-state index in [0.717, 1.165) is 54.2 Å². The molecular formula is C22H28N2O. The van der Waals surface area contributed by atoms with Gasteiger partial charge in [0.15, 0.2) is 0 Å². The van der Waals surface area contributed by atoms with Crippen molar-refractivity contribution in [2.24, 2.45) is 5.92 Å². The van der Waals surface area contributed by atoms with Crippen LogP contribution < -0.4 is 5.32 Å². The molecule has 0 aromatic heterocycles. The molecule has 1 atom stereocenters. The van der Waals surface area contributed by atoms with Crippen LogP contribution in [0.3, 0.4) is 0 Å². The highest BCUT2D eigenvalue weighted by atomic mass is 16.2. The van der Waals surface area contributed by atoms with Gasteiger partial charge in [-0.1, -0.05) is 49.4 Å². The van der Waals surface area contributed by atoms with E-state index in [4.69, 9.17) is 0 Å². The van der Waals surface area contributed by atoms with E-state index in [1.807, 2.05) is 31.2 Å². The van der Waals surface area contributed by atoms with Crippen LogP contribution in [0.5, 0.6) is 0 Å². The molecule has 1 aliphatic heterocycles. The standard InChI is InChI=1S/C22H28N2O/c1-16-11-13-24(14-12-16)21(19-7-5-4-6-8-19)22(25)23-20-15-17(2)9-10-18(20)3/h4-10,15-16,21H,11-14H2,1-3H3,(H,23,25). The monoisotopic (exact) mass is 336 g/mol. The number of amides is 1. The maximum atomic E-state index is 13.2. The average molecular weight is 336 g/mol. The van der Waals surface area contributed by atoms with Crippen LogP contribution in [0.1, 0.15) is 42.5 Å². The summed E-state index contributed by atoms with van der Waals surface area (Å²) >= 11 is 0. The molecule has 25 heavy (non-hydrogen) atoms.